The Morgan fingerprint density at radius 1 is 0.770 bits per heavy atom. The molecular weight excluding hydrogens is 846 g/mol. The van der Waals surface area contributed by atoms with Gasteiger partial charge in [0.15, 0.2) is 0 Å². The number of hydrogen-bond donors (Lipinski definition) is 5. The van der Waals surface area contributed by atoms with E-state index in [1.54, 1.807) is 0 Å². The minimum atomic E-state index is -3.04. The largest absolute Gasteiger partial charge is 0.488 e. The maximum absolute atomic E-state index is 12.9. The van der Waals surface area contributed by atoms with Gasteiger partial charge in [-0.05, 0) is 74.6 Å². The van der Waals surface area contributed by atoms with E-state index in [9.17, 15) is 26.4 Å². The number of hydrogen-bond acceptors (Lipinski definition) is 13. The highest BCUT2D eigenvalue weighted by atomic mass is 35.5. The molecular formula is C41H52ClN9O8S2. The Bertz CT molecular complexity index is 2590. The third kappa shape index (κ3) is 11.5. The van der Waals surface area contributed by atoms with Crippen LogP contribution in [0.5, 0.6) is 5.75 Å². The number of carbonyl (C=O) groups is 2. The summed E-state index contributed by atoms with van der Waals surface area (Å²) in [5.74, 6) is 1.14. The minimum absolute atomic E-state index is 0.0449. The number of aryl methyl sites for hydroxylation is 2. The molecule has 2 atom stereocenters. The lowest BCUT2D eigenvalue weighted by Crippen LogP contribution is -2.35. The molecule has 1 aliphatic heterocycles. The zero-order valence-corrected chi connectivity index (χ0v) is 36.6. The first-order valence-corrected chi connectivity index (χ1v) is 25.1. The van der Waals surface area contributed by atoms with Gasteiger partial charge in [-0.3, -0.25) is 9.59 Å². The molecule has 17 nitrogen and oxygen atoms in total. The van der Waals surface area contributed by atoms with Crippen LogP contribution in [0.1, 0.15) is 61.0 Å². The number of para-hydroxylation sites is 2. The van der Waals surface area contributed by atoms with Crippen molar-refractivity contribution < 1.29 is 35.9 Å². The SMILES string of the molecule is CS(=O)(=O)CCCNC(=O)C1CCc2[nH]c3ncnc(Cl)c3c2C1.CS(=O)(=O)CCCNC(=O)C1CCc2[nH]c3ncnc(Nc4ccccc4OC4CCOCC4)c3c2C1. The lowest BCUT2D eigenvalue weighted by molar-refractivity contribution is -0.126. The maximum atomic E-state index is 12.9. The van der Waals surface area contributed by atoms with Gasteiger partial charge in [0.1, 0.15) is 66.4 Å². The molecule has 61 heavy (non-hydrogen) atoms. The van der Waals surface area contributed by atoms with Crippen LogP contribution < -0.4 is 20.7 Å². The van der Waals surface area contributed by atoms with Crippen molar-refractivity contribution in [2.45, 2.75) is 70.3 Å². The number of aromatic amines is 2. The molecule has 2 unspecified atom stereocenters. The van der Waals surface area contributed by atoms with Crippen LogP contribution in [0.3, 0.4) is 0 Å². The number of halogens is 1. The summed E-state index contributed by atoms with van der Waals surface area (Å²) >= 11 is 6.18. The van der Waals surface area contributed by atoms with E-state index in [1.165, 1.54) is 25.2 Å². The molecule has 20 heteroatoms. The molecule has 5 heterocycles. The van der Waals surface area contributed by atoms with Gasteiger partial charge < -0.3 is 35.4 Å². The van der Waals surface area contributed by atoms with Crippen molar-refractivity contribution >= 4 is 76.7 Å². The maximum Gasteiger partial charge on any atom is 0.223 e. The second-order valence-electron chi connectivity index (χ2n) is 16.0. The summed E-state index contributed by atoms with van der Waals surface area (Å²) in [7, 11) is -6.03. The summed E-state index contributed by atoms with van der Waals surface area (Å²) in [6.07, 6.45) is 12.1. The van der Waals surface area contributed by atoms with E-state index < -0.39 is 19.7 Å². The van der Waals surface area contributed by atoms with Crippen LogP contribution in [-0.2, 0) is 59.7 Å². The second-order valence-corrected chi connectivity index (χ2v) is 20.9. The van der Waals surface area contributed by atoms with Crippen LogP contribution >= 0.6 is 11.6 Å². The number of fused-ring (bicyclic) bond motifs is 6. The van der Waals surface area contributed by atoms with Gasteiger partial charge in [0.25, 0.3) is 0 Å². The number of aromatic nitrogens is 6. The van der Waals surface area contributed by atoms with Crippen LogP contribution in [-0.4, -0.2) is 115 Å². The Balaban J connectivity index is 0.000000202. The number of nitrogens with one attached hydrogen (secondary N) is 5. The van der Waals surface area contributed by atoms with Gasteiger partial charge in [-0.1, -0.05) is 23.7 Å². The van der Waals surface area contributed by atoms with Gasteiger partial charge >= 0.3 is 0 Å². The molecule has 1 saturated heterocycles. The molecule has 3 aliphatic rings. The van der Waals surface area contributed by atoms with Crippen LogP contribution in [0, 0.1) is 11.8 Å². The number of anilines is 2. The molecule has 4 aromatic heterocycles. The zero-order chi connectivity index (χ0) is 43.1. The highest BCUT2D eigenvalue weighted by molar-refractivity contribution is 7.90. The van der Waals surface area contributed by atoms with Crippen molar-refractivity contribution in [3.63, 3.8) is 0 Å². The topological polar surface area (TPSA) is 240 Å². The molecule has 1 fully saturated rings. The number of rotatable bonds is 14. The molecule has 1 aromatic carbocycles. The summed E-state index contributed by atoms with van der Waals surface area (Å²) in [6.45, 7) is 2.12. The fourth-order valence-corrected chi connectivity index (χ4v) is 9.72. The number of carbonyl (C=O) groups excluding carboxylic acids is 2. The standard InChI is InChI=1S/C26H33N5O5S.C15H19ClN4O3S/c1-37(33,34)14-4-11-27-26(32)17-7-8-20-19(15-17)23-24(30-20)28-16-29-25(23)31-21-5-2-3-6-22(21)36-18-9-12-35-13-10-18;1-24(22,23)6-2-5-17-15(21)9-3-4-11-10(7-9)12-13(16)18-8-19-14(12)20-11/h2-3,5-6,16-18H,4,7-15H2,1H3,(H,27,32)(H2,28,29,30,31);8-9H,2-7H2,1H3,(H,17,21)(H,18,19,20). The number of sulfone groups is 2. The van der Waals surface area contributed by atoms with Gasteiger partial charge in [-0.2, -0.15) is 0 Å². The number of H-pyrrole nitrogens is 2. The molecule has 0 spiro atoms. The predicted octanol–water partition coefficient (Wildman–Crippen LogP) is 4.18. The minimum Gasteiger partial charge on any atom is -0.488 e. The molecule has 2 aliphatic carbocycles. The van der Waals surface area contributed by atoms with Gasteiger partial charge in [0.2, 0.25) is 11.8 Å². The molecule has 8 rings (SSSR count). The van der Waals surface area contributed by atoms with Crippen molar-refractivity contribution in [3.05, 3.63) is 64.6 Å². The first-order valence-electron chi connectivity index (χ1n) is 20.6. The van der Waals surface area contributed by atoms with E-state index in [2.05, 4.69) is 45.9 Å². The summed E-state index contributed by atoms with van der Waals surface area (Å²) in [4.78, 5) is 49.1. The van der Waals surface area contributed by atoms with E-state index in [-0.39, 0.29) is 41.3 Å². The quantitative estimate of drug-likeness (QED) is 0.0778. The van der Waals surface area contributed by atoms with E-state index in [4.69, 9.17) is 21.1 Å². The first-order chi connectivity index (χ1) is 29.2. The molecule has 2 amide bonds. The Kier molecular flexibility index (Phi) is 14.1. The van der Waals surface area contributed by atoms with Crippen molar-refractivity contribution in [1.29, 1.82) is 0 Å². The van der Waals surface area contributed by atoms with Crippen molar-refractivity contribution in [2.24, 2.45) is 11.8 Å². The normalized spacial score (nSPS) is 18.1. The fraction of sp³-hybridized carbons (Fsp3) is 0.512. The van der Waals surface area contributed by atoms with Crippen molar-refractivity contribution in [2.75, 3.05) is 55.6 Å². The molecule has 5 aromatic rings. The number of ether oxygens (including phenoxy) is 2. The van der Waals surface area contributed by atoms with E-state index >= 15 is 0 Å². The monoisotopic (exact) mass is 897 g/mol. The van der Waals surface area contributed by atoms with Gasteiger partial charge in [-0.25, -0.2) is 36.8 Å². The average molecular weight is 899 g/mol. The molecule has 0 radical (unpaired) electrons. The molecule has 0 saturated carbocycles. The first kappa shape index (κ1) is 44.2. The lowest BCUT2D eigenvalue weighted by Gasteiger charge is -2.25. The lowest BCUT2D eigenvalue weighted by atomic mass is 9.86. The van der Waals surface area contributed by atoms with E-state index in [1.807, 2.05) is 24.3 Å². The van der Waals surface area contributed by atoms with Crippen molar-refractivity contribution in [3.8, 4) is 5.75 Å². The summed E-state index contributed by atoms with van der Waals surface area (Å²) in [6, 6.07) is 7.82. The Labute approximate surface area is 359 Å². The highest BCUT2D eigenvalue weighted by Gasteiger charge is 2.30. The number of benzene rings is 1. The third-order valence-electron chi connectivity index (χ3n) is 11.2. The Morgan fingerprint density at radius 3 is 1.90 bits per heavy atom. The Morgan fingerprint density at radius 2 is 1.31 bits per heavy atom. The summed E-state index contributed by atoms with van der Waals surface area (Å²) in [5.41, 5.74) is 6.45. The van der Waals surface area contributed by atoms with E-state index in [0.29, 0.717) is 68.6 Å². The van der Waals surface area contributed by atoms with Crippen LogP contribution in [0.25, 0.3) is 22.1 Å². The fourth-order valence-electron chi connectivity index (χ4n) is 8.14. The summed E-state index contributed by atoms with van der Waals surface area (Å²) < 4.78 is 56.6. The predicted molar refractivity (Wildman–Crippen MR) is 233 cm³/mol. The summed E-state index contributed by atoms with van der Waals surface area (Å²) in [5, 5.41) is 11.3. The van der Waals surface area contributed by atoms with E-state index in [0.717, 1.165) is 88.9 Å². The molecule has 0 bridgehead atoms. The second kappa shape index (κ2) is 19.5. The smallest absolute Gasteiger partial charge is 0.223 e. The number of amides is 2. The Hall–Kier alpha value is -4.85. The van der Waals surface area contributed by atoms with Gasteiger partial charge in [0, 0.05) is 61.7 Å². The third-order valence-corrected chi connectivity index (χ3v) is 13.6. The highest BCUT2D eigenvalue weighted by Crippen LogP contribution is 2.38. The van der Waals surface area contributed by atoms with Crippen LogP contribution in [0.2, 0.25) is 5.15 Å². The molecule has 5 N–H and O–H groups in total. The van der Waals surface area contributed by atoms with Gasteiger partial charge in [-0.15, -0.1) is 0 Å². The zero-order valence-electron chi connectivity index (χ0n) is 34.3. The average Bonchev–Trinajstić information content (AvgIpc) is 3.80. The van der Waals surface area contributed by atoms with Crippen LogP contribution in [0.4, 0.5) is 11.5 Å². The molecule has 328 valence electrons. The number of nitrogens with zero attached hydrogens (tertiary/aromatic N) is 4. The van der Waals surface area contributed by atoms with Crippen molar-refractivity contribution in [1.82, 2.24) is 40.5 Å². The van der Waals surface area contributed by atoms with Gasteiger partial charge in [0.05, 0.1) is 41.2 Å². The van der Waals surface area contributed by atoms with Crippen LogP contribution in [0.15, 0.2) is 36.9 Å².